The Hall–Kier alpha value is -1.80. The molecule has 116 valence electrons. The first-order valence-electron chi connectivity index (χ1n) is 6.01. The number of nitrogens with one attached hydrogen (secondary N) is 2. The summed E-state index contributed by atoms with van der Waals surface area (Å²) < 4.78 is 35.4. The number of amides is 2. The molecule has 0 aromatic heterocycles. The van der Waals surface area contributed by atoms with E-state index in [0.29, 0.717) is 6.42 Å². The van der Waals surface area contributed by atoms with Gasteiger partial charge < -0.3 is 15.7 Å². The minimum Gasteiger partial charge on any atom is -0.480 e. The molecule has 0 aliphatic rings. The zero-order chi connectivity index (χ0) is 15.8. The van der Waals surface area contributed by atoms with Crippen molar-refractivity contribution in [2.75, 3.05) is 6.54 Å². The van der Waals surface area contributed by atoms with Crippen molar-refractivity contribution in [2.45, 2.75) is 44.8 Å². The normalized spacial score (nSPS) is 12.6. The van der Waals surface area contributed by atoms with E-state index in [-0.39, 0.29) is 6.42 Å². The lowest BCUT2D eigenvalue weighted by Crippen LogP contribution is -2.43. The molecule has 0 aliphatic heterocycles. The molecule has 0 radical (unpaired) electrons. The van der Waals surface area contributed by atoms with Crippen molar-refractivity contribution in [3.05, 3.63) is 0 Å². The Morgan fingerprint density at radius 1 is 1.20 bits per heavy atom. The summed E-state index contributed by atoms with van der Waals surface area (Å²) in [7, 11) is 0. The van der Waals surface area contributed by atoms with Crippen molar-refractivity contribution >= 4 is 17.8 Å². The highest BCUT2D eigenvalue weighted by molar-refractivity contribution is 5.98. The molecule has 0 bridgehead atoms. The van der Waals surface area contributed by atoms with Crippen molar-refractivity contribution in [3.8, 4) is 0 Å². The van der Waals surface area contributed by atoms with E-state index in [9.17, 15) is 27.6 Å². The summed E-state index contributed by atoms with van der Waals surface area (Å²) in [5, 5.41) is 12.5. The number of carbonyl (C=O) groups excluding carboxylic acids is 2. The SMILES string of the molecule is CCCC[C@H](NC(=O)CC(=O)NCC(F)(F)F)C(=O)O. The third kappa shape index (κ3) is 9.17. The first-order chi connectivity index (χ1) is 9.15. The fourth-order valence-corrected chi connectivity index (χ4v) is 1.32. The fourth-order valence-electron chi connectivity index (χ4n) is 1.32. The Labute approximate surface area is 113 Å². The van der Waals surface area contributed by atoms with Crippen molar-refractivity contribution < 1.29 is 32.7 Å². The smallest absolute Gasteiger partial charge is 0.405 e. The van der Waals surface area contributed by atoms with E-state index in [4.69, 9.17) is 5.11 Å². The highest BCUT2D eigenvalue weighted by Crippen LogP contribution is 2.12. The highest BCUT2D eigenvalue weighted by atomic mass is 19.4. The molecule has 0 saturated heterocycles. The summed E-state index contributed by atoms with van der Waals surface area (Å²) in [5.74, 6) is -3.28. The van der Waals surface area contributed by atoms with Crippen molar-refractivity contribution in [2.24, 2.45) is 0 Å². The van der Waals surface area contributed by atoms with Crippen molar-refractivity contribution in [1.29, 1.82) is 0 Å². The molecule has 0 spiro atoms. The second kappa shape index (κ2) is 8.39. The summed E-state index contributed by atoms with van der Waals surface area (Å²) in [6.45, 7) is 0.308. The van der Waals surface area contributed by atoms with Gasteiger partial charge in [-0.15, -0.1) is 0 Å². The molecular weight excluding hydrogens is 281 g/mol. The molecule has 0 aromatic rings. The van der Waals surface area contributed by atoms with Gasteiger partial charge in [0, 0.05) is 0 Å². The molecular formula is C11H17F3N2O4. The number of halogens is 3. The topological polar surface area (TPSA) is 95.5 Å². The summed E-state index contributed by atoms with van der Waals surface area (Å²) in [6.07, 6.45) is -3.91. The number of hydrogen-bond acceptors (Lipinski definition) is 3. The van der Waals surface area contributed by atoms with E-state index < -0.39 is 43.0 Å². The molecule has 0 unspecified atom stereocenters. The van der Waals surface area contributed by atoms with E-state index in [2.05, 4.69) is 5.32 Å². The third-order valence-electron chi connectivity index (χ3n) is 2.29. The van der Waals surface area contributed by atoms with Gasteiger partial charge >= 0.3 is 12.1 Å². The number of aliphatic carboxylic acids is 1. The van der Waals surface area contributed by atoms with E-state index in [0.717, 1.165) is 6.42 Å². The lowest BCUT2D eigenvalue weighted by Gasteiger charge is -2.14. The Morgan fingerprint density at radius 2 is 1.80 bits per heavy atom. The zero-order valence-corrected chi connectivity index (χ0v) is 10.9. The lowest BCUT2D eigenvalue weighted by molar-refractivity contribution is -0.144. The van der Waals surface area contributed by atoms with Crippen LogP contribution in [0.2, 0.25) is 0 Å². The van der Waals surface area contributed by atoms with Crippen molar-refractivity contribution in [1.82, 2.24) is 10.6 Å². The first kappa shape index (κ1) is 18.2. The molecule has 0 saturated carbocycles. The molecule has 3 N–H and O–H groups in total. The van der Waals surface area contributed by atoms with Crippen LogP contribution in [0, 0.1) is 0 Å². The van der Waals surface area contributed by atoms with Gasteiger partial charge in [-0.05, 0) is 6.42 Å². The highest BCUT2D eigenvalue weighted by Gasteiger charge is 2.28. The Balaban J connectivity index is 4.18. The van der Waals surface area contributed by atoms with Gasteiger partial charge in [0.25, 0.3) is 0 Å². The molecule has 0 aromatic carbocycles. The van der Waals surface area contributed by atoms with Crippen LogP contribution in [0.5, 0.6) is 0 Å². The monoisotopic (exact) mass is 298 g/mol. The maximum Gasteiger partial charge on any atom is 0.405 e. The van der Waals surface area contributed by atoms with E-state index in [1.54, 1.807) is 0 Å². The van der Waals surface area contributed by atoms with Gasteiger partial charge in [0.1, 0.15) is 19.0 Å². The van der Waals surface area contributed by atoms with Crippen LogP contribution in [0.3, 0.4) is 0 Å². The van der Waals surface area contributed by atoms with Gasteiger partial charge in [-0.2, -0.15) is 13.2 Å². The summed E-state index contributed by atoms with van der Waals surface area (Å²) >= 11 is 0. The van der Waals surface area contributed by atoms with Gasteiger partial charge in [-0.1, -0.05) is 19.8 Å². The minimum absolute atomic E-state index is 0.196. The number of hydrogen-bond donors (Lipinski definition) is 3. The van der Waals surface area contributed by atoms with Crippen LogP contribution in [-0.4, -0.2) is 41.7 Å². The average molecular weight is 298 g/mol. The predicted octanol–water partition coefficient (Wildman–Crippen LogP) is 0.815. The quantitative estimate of drug-likeness (QED) is 0.578. The standard InChI is InChI=1S/C11H17F3N2O4/c1-2-3-4-7(10(19)20)16-9(18)5-8(17)15-6-11(12,13)14/h7H,2-6H2,1H3,(H,15,17)(H,16,18)(H,19,20)/t7-/m0/s1. The Bertz CT molecular complexity index is 358. The number of unbranched alkanes of at least 4 members (excludes halogenated alkanes) is 1. The molecule has 1 atom stereocenters. The maximum absolute atomic E-state index is 11.8. The summed E-state index contributed by atoms with van der Waals surface area (Å²) in [5.41, 5.74) is 0. The molecule has 0 heterocycles. The Morgan fingerprint density at radius 3 is 2.25 bits per heavy atom. The van der Waals surface area contributed by atoms with Crippen LogP contribution in [0.1, 0.15) is 32.6 Å². The van der Waals surface area contributed by atoms with E-state index >= 15 is 0 Å². The molecule has 0 rings (SSSR count). The van der Waals surface area contributed by atoms with Crippen LogP contribution in [0.25, 0.3) is 0 Å². The fraction of sp³-hybridized carbons (Fsp3) is 0.727. The molecule has 0 aliphatic carbocycles. The van der Waals surface area contributed by atoms with Gasteiger partial charge in [-0.25, -0.2) is 4.79 Å². The van der Waals surface area contributed by atoms with Gasteiger partial charge in [-0.3, -0.25) is 9.59 Å². The zero-order valence-electron chi connectivity index (χ0n) is 10.9. The first-order valence-corrected chi connectivity index (χ1v) is 6.01. The van der Waals surface area contributed by atoms with Crippen LogP contribution in [-0.2, 0) is 14.4 Å². The van der Waals surface area contributed by atoms with Crippen LogP contribution in [0.4, 0.5) is 13.2 Å². The predicted molar refractivity (Wildman–Crippen MR) is 62.8 cm³/mol. The maximum atomic E-state index is 11.8. The molecule has 0 fully saturated rings. The van der Waals surface area contributed by atoms with Gasteiger partial charge in [0.05, 0.1) is 0 Å². The summed E-state index contributed by atoms with van der Waals surface area (Å²) in [4.78, 5) is 33.2. The molecule has 20 heavy (non-hydrogen) atoms. The van der Waals surface area contributed by atoms with Crippen LogP contribution < -0.4 is 10.6 Å². The number of carboxylic acid groups (broad SMARTS) is 1. The van der Waals surface area contributed by atoms with Crippen LogP contribution >= 0.6 is 0 Å². The van der Waals surface area contributed by atoms with Gasteiger partial charge in [0.15, 0.2) is 0 Å². The average Bonchev–Trinajstić information content (AvgIpc) is 2.30. The molecule has 2 amide bonds. The molecule has 9 heteroatoms. The number of carboxylic acids is 1. The number of carbonyl (C=O) groups is 3. The van der Waals surface area contributed by atoms with Crippen molar-refractivity contribution in [3.63, 3.8) is 0 Å². The Kier molecular flexibility index (Phi) is 7.63. The second-order valence-corrected chi connectivity index (χ2v) is 4.17. The minimum atomic E-state index is -4.56. The third-order valence-corrected chi connectivity index (χ3v) is 2.29. The number of alkyl halides is 3. The van der Waals surface area contributed by atoms with Gasteiger partial charge in [0.2, 0.25) is 11.8 Å². The second-order valence-electron chi connectivity index (χ2n) is 4.17. The number of rotatable bonds is 8. The van der Waals surface area contributed by atoms with E-state index in [1.807, 2.05) is 6.92 Å². The van der Waals surface area contributed by atoms with E-state index in [1.165, 1.54) is 5.32 Å². The molecule has 6 nitrogen and oxygen atoms in total. The largest absolute Gasteiger partial charge is 0.480 e. The lowest BCUT2D eigenvalue weighted by atomic mass is 10.1. The summed E-state index contributed by atoms with van der Waals surface area (Å²) in [6, 6.07) is -1.14. The van der Waals surface area contributed by atoms with Crippen LogP contribution in [0.15, 0.2) is 0 Å².